The van der Waals surface area contributed by atoms with Gasteiger partial charge in [0.15, 0.2) is 5.58 Å². The molecule has 2 heterocycles. The van der Waals surface area contributed by atoms with Crippen molar-refractivity contribution < 1.29 is 13.5 Å². The fourth-order valence-corrected chi connectivity index (χ4v) is 4.95. The highest BCUT2D eigenvalue weighted by molar-refractivity contribution is 5.85. The molecule has 5 nitrogen and oxygen atoms in total. The molecular formula is C21H30ClFN2O3. The zero-order valence-corrected chi connectivity index (χ0v) is 17.5. The van der Waals surface area contributed by atoms with E-state index in [1.807, 2.05) is 0 Å². The van der Waals surface area contributed by atoms with Crippen LogP contribution in [0.15, 0.2) is 27.4 Å². The molecule has 0 radical (unpaired) electrons. The Morgan fingerprint density at radius 1 is 1.21 bits per heavy atom. The number of benzene rings is 1. The topological polar surface area (TPSA) is 47.6 Å². The maximum absolute atomic E-state index is 13.7. The largest absolute Gasteiger partial charge is 0.420 e. The average molecular weight is 413 g/mol. The fraction of sp³-hybridized carbons (Fsp3) is 0.667. The van der Waals surface area contributed by atoms with Gasteiger partial charge in [-0.1, -0.05) is 0 Å². The molecule has 1 saturated heterocycles. The van der Waals surface area contributed by atoms with Gasteiger partial charge in [0.25, 0.3) is 0 Å². The molecule has 4 rings (SSSR count). The Bertz CT molecular complexity index is 849. The molecule has 1 aromatic heterocycles. The van der Waals surface area contributed by atoms with Crippen LogP contribution in [0.3, 0.4) is 0 Å². The number of rotatable bonds is 4. The second-order valence-electron chi connectivity index (χ2n) is 8.22. The number of halogens is 2. The van der Waals surface area contributed by atoms with Gasteiger partial charge in [-0.2, -0.15) is 0 Å². The van der Waals surface area contributed by atoms with Gasteiger partial charge < -0.3 is 9.15 Å². The highest BCUT2D eigenvalue weighted by Gasteiger charge is 2.38. The van der Waals surface area contributed by atoms with Crippen LogP contribution in [0.25, 0.3) is 11.1 Å². The van der Waals surface area contributed by atoms with E-state index in [2.05, 4.69) is 18.7 Å². The van der Waals surface area contributed by atoms with Crippen molar-refractivity contribution in [2.45, 2.75) is 70.1 Å². The van der Waals surface area contributed by atoms with Crippen molar-refractivity contribution in [3.05, 3.63) is 34.6 Å². The Balaban J connectivity index is 0.00000225. The first-order valence-corrected chi connectivity index (χ1v) is 10.2. The Labute approximate surface area is 171 Å². The number of ether oxygens (including phenoxy) is 1. The van der Waals surface area contributed by atoms with E-state index in [1.165, 1.54) is 18.2 Å². The summed E-state index contributed by atoms with van der Waals surface area (Å²) in [6.45, 7) is 7.13. The minimum absolute atomic E-state index is 0. The molecule has 0 spiro atoms. The lowest BCUT2D eigenvalue weighted by Crippen LogP contribution is -2.52. The van der Waals surface area contributed by atoms with E-state index >= 15 is 0 Å². The Hall–Kier alpha value is -1.37. The number of piperidine rings is 1. The van der Waals surface area contributed by atoms with Gasteiger partial charge in [0.2, 0.25) is 0 Å². The van der Waals surface area contributed by atoms with Crippen LogP contribution in [0.5, 0.6) is 0 Å². The van der Waals surface area contributed by atoms with Crippen molar-refractivity contribution >= 4 is 23.5 Å². The van der Waals surface area contributed by atoms with Gasteiger partial charge in [-0.15, -0.1) is 12.4 Å². The second-order valence-corrected chi connectivity index (χ2v) is 8.22. The Morgan fingerprint density at radius 2 is 1.89 bits per heavy atom. The van der Waals surface area contributed by atoms with Gasteiger partial charge in [0.05, 0.1) is 11.6 Å². The summed E-state index contributed by atoms with van der Waals surface area (Å²) in [4.78, 5) is 14.9. The van der Waals surface area contributed by atoms with Gasteiger partial charge in [0.1, 0.15) is 5.82 Å². The van der Waals surface area contributed by atoms with E-state index in [1.54, 1.807) is 4.57 Å². The molecule has 2 aliphatic rings. The maximum atomic E-state index is 13.7. The Kier molecular flexibility index (Phi) is 6.52. The van der Waals surface area contributed by atoms with Crippen LogP contribution in [-0.2, 0) is 4.74 Å². The monoisotopic (exact) mass is 412 g/mol. The quantitative estimate of drug-likeness (QED) is 0.740. The zero-order valence-electron chi connectivity index (χ0n) is 16.7. The van der Waals surface area contributed by atoms with E-state index in [0.717, 1.165) is 58.2 Å². The second kappa shape index (κ2) is 8.56. The lowest BCUT2D eigenvalue weighted by Gasteiger charge is -2.48. The molecule has 1 saturated carbocycles. The van der Waals surface area contributed by atoms with Gasteiger partial charge >= 0.3 is 5.76 Å². The standard InChI is InChI=1S/C21H29FN2O3.ClH/c1-3-26-17-6-10-21(2,11-7-17)23-12-8-16(9-13-23)24-18-14-15(22)4-5-19(18)27-20(24)25;/h4-5,14,16-17H,3,6-13H2,1-2H3;1H. The number of likely N-dealkylation sites (tertiary alicyclic amines) is 1. The number of hydrogen-bond donors (Lipinski definition) is 0. The summed E-state index contributed by atoms with van der Waals surface area (Å²) in [5.41, 5.74) is 1.25. The van der Waals surface area contributed by atoms with Crippen molar-refractivity contribution in [2.24, 2.45) is 0 Å². The molecule has 1 aromatic carbocycles. The first-order valence-electron chi connectivity index (χ1n) is 10.2. The summed E-state index contributed by atoms with van der Waals surface area (Å²) in [5.74, 6) is -0.717. The summed E-state index contributed by atoms with van der Waals surface area (Å²) in [5, 5.41) is 0. The van der Waals surface area contributed by atoms with Crippen LogP contribution < -0.4 is 5.76 Å². The zero-order chi connectivity index (χ0) is 19.0. The summed E-state index contributed by atoms with van der Waals surface area (Å²) in [6.07, 6.45) is 6.73. The molecule has 7 heteroatoms. The number of nitrogens with zero attached hydrogens (tertiary/aromatic N) is 2. The number of fused-ring (bicyclic) bond motifs is 1. The summed E-state index contributed by atoms with van der Waals surface area (Å²) in [7, 11) is 0. The highest BCUT2D eigenvalue weighted by atomic mass is 35.5. The van der Waals surface area contributed by atoms with Gasteiger partial charge in [-0.05, 0) is 64.5 Å². The predicted molar refractivity (Wildman–Crippen MR) is 110 cm³/mol. The lowest BCUT2D eigenvalue weighted by molar-refractivity contribution is -0.0274. The molecule has 0 atom stereocenters. The predicted octanol–water partition coefficient (Wildman–Crippen LogP) is 4.53. The number of aromatic nitrogens is 1. The molecule has 0 unspecified atom stereocenters. The van der Waals surface area contributed by atoms with Crippen LogP contribution in [0.4, 0.5) is 4.39 Å². The van der Waals surface area contributed by atoms with Crippen LogP contribution in [0, 0.1) is 5.82 Å². The van der Waals surface area contributed by atoms with Gasteiger partial charge in [-0.3, -0.25) is 9.47 Å². The highest BCUT2D eigenvalue weighted by Crippen LogP contribution is 2.38. The van der Waals surface area contributed by atoms with Crippen LogP contribution in [0.2, 0.25) is 0 Å². The van der Waals surface area contributed by atoms with Gasteiger partial charge in [0, 0.05) is 37.3 Å². The summed E-state index contributed by atoms with van der Waals surface area (Å²) >= 11 is 0. The molecule has 2 fully saturated rings. The van der Waals surface area contributed by atoms with Gasteiger partial charge in [-0.25, -0.2) is 9.18 Å². The molecule has 1 aliphatic heterocycles. The molecule has 0 amide bonds. The third-order valence-electron chi connectivity index (χ3n) is 6.58. The van der Waals surface area contributed by atoms with Crippen LogP contribution in [0.1, 0.15) is 58.4 Å². The van der Waals surface area contributed by atoms with E-state index in [4.69, 9.17) is 9.15 Å². The third kappa shape index (κ3) is 4.00. The van der Waals surface area contributed by atoms with E-state index in [-0.39, 0.29) is 35.6 Å². The summed E-state index contributed by atoms with van der Waals surface area (Å²) < 4.78 is 26.4. The van der Waals surface area contributed by atoms with Crippen molar-refractivity contribution in [2.75, 3.05) is 19.7 Å². The van der Waals surface area contributed by atoms with Crippen molar-refractivity contribution in [3.63, 3.8) is 0 Å². The fourth-order valence-electron chi connectivity index (χ4n) is 4.95. The van der Waals surface area contributed by atoms with E-state index in [0.29, 0.717) is 17.2 Å². The average Bonchev–Trinajstić information content (AvgIpc) is 2.99. The Morgan fingerprint density at radius 3 is 2.54 bits per heavy atom. The number of hydrogen-bond acceptors (Lipinski definition) is 4. The van der Waals surface area contributed by atoms with Crippen molar-refractivity contribution in [1.82, 2.24) is 9.47 Å². The first kappa shape index (κ1) is 21.3. The normalized spacial score (nSPS) is 27.0. The molecule has 28 heavy (non-hydrogen) atoms. The molecule has 0 N–H and O–H groups in total. The molecule has 2 aromatic rings. The lowest BCUT2D eigenvalue weighted by atomic mass is 9.79. The van der Waals surface area contributed by atoms with Crippen LogP contribution in [-0.4, -0.2) is 40.8 Å². The first-order chi connectivity index (χ1) is 13.0. The third-order valence-corrected chi connectivity index (χ3v) is 6.58. The minimum Gasteiger partial charge on any atom is -0.408 e. The maximum Gasteiger partial charge on any atom is 0.420 e. The molecule has 1 aliphatic carbocycles. The molecule has 0 bridgehead atoms. The van der Waals surface area contributed by atoms with Crippen molar-refractivity contribution in [3.8, 4) is 0 Å². The van der Waals surface area contributed by atoms with E-state index in [9.17, 15) is 9.18 Å². The molecule has 156 valence electrons. The minimum atomic E-state index is -0.377. The van der Waals surface area contributed by atoms with E-state index < -0.39 is 0 Å². The summed E-state index contributed by atoms with van der Waals surface area (Å²) in [6, 6.07) is 4.34. The SMILES string of the molecule is CCOC1CCC(C)(N2CCC(n3c(=O)oc4ccc(F)cc43)CC2)CC1.Cl. The molecular weight excluding hydrogens is 383 g/mol. The number of oxazole rings is 1. The van der Waals surface area contributed by atoms with Crippen LogP contribution >= 0.6 is 12.4 Å². The van der Waals surface area contributed by atoms with Crippen molar-refractivity contribution in [1.29, 1.82) is 0 Å². The smallest absolute Gasteiger partial charge is 0.408 e.